The molecule has 14 aromatic rings. The lowest BCUT2D eigenvalue weighted by atomic mass is 10.0. The van der Waals surface area contributed by atoms with E-state index in [1.165, 1.54) is 72.7 Å². The molecule has 14 rings (SSSR count). The molecule has 292 valence electrons. The van der Waals surface area contributed by atoms with Crippen LogP contribution in [-0.2, 0) is 0 Å². The molecule has 0 saturated heterocycles. The largest absolute Gasteiger partial charge is 0.309 e. The Morgan fingerprint density at radius 3 is 1.57 bits per heavy atom. The van der Waals surface area contributed by atoms with Gasteiger partial charge < -0.3 is 4.57 Å². The number of thiophene rings is 2. The average Bonchev–Trinajstić information content (AvgIpc) is 4.01. The molecular formula is C57H32N4S2. The number of rotatable bonds is 4. The highest BCUT2D eigenvalue weighted by molar-refractivity contribution is 7.26. The number of nitrogens with zero attached hydrogens (tertiary/aromatic N) is 4. The number of hydrogen-bond donors (Lipinski definition) is 0. The quantitative estimate of drug-likeness (QED) is 0.177. The van der Waals surface area contributed by atoms with Crippen molar-refractivity contribution in [2.75, 3.05) is 0 Å². The van der Waals surface area contributed by atoms with Gasteiger partial charge in [0.1, 0.15) is 0 Å². The van der Waals surface area contributed by atoms with Gasteiger partial charge >= 0.3 is 0 Å². The van der Waals surface area contributed by atoms with Crippen molar-refractivity contribution in [1.82, 2.24) is 19.5 Å². The molecule has 0 fully saturated rings. The SMILES string of the molecule is c1ccc2cc(-c3nc(-c4cccc5c4sc4ccccc45)nc(-c4cc(-n5c6cc7ccccc7cc6c6cc7ccccc7cc65)cc5sc6ccccc6c45)n3)ccc2c1. The van der Waals surface area contributed by atoms with Crippen LogP contribution in [0.25, 0.3) is 134 Å². The minimum Gasteiger partial charge on any atom is -0.309 e. The predicted octanol–water partition coefficient (Wildman–Crippen LogP) is 16.2. The van der Waals surface area contributed by atoms with Crippen molar-refractivity contribution in [2.24, 2.45) is 0 Å². The second-order valence-corrected chi connectivity index (χ2v) is 18.5. The molecule has 0 aliphatic heterocycles. The molecule has 0 aliphatic rings. The first kappa shape index (κ1) is 34.9. The first-order valence-electron chi connectivity index (χ1n) is 21.2. The second kappa shape index (κ2) is 13.4. The van der Waals surface area contributed by atoms with Gasteiger partial charge in [0.2, 0.25) is 0 Å². The zero-order valence-electron chi connectivity index (χ0n) is 33.6. The normalized spacial score (nSPS) is 12.1. The van der Waals surface area contributed by atoms with E-state index >= 15 is 0 Å². The Kier molecular flexibility index (Phi) is 7.40. The van der Waals surface area contributed by atoms with Crippen molar-refractivity contribution < 1.29 is 0 Å². The summed E-state index contributed by atoms with van der Waals surface area (Å²) in [5.74, 6) is 1.95. The van der Waals surface area contributed by atoms with Crippen molar-refractivity contribution in [3.63, 3.8) is 0 Å². The Labute approximate surface area is 368 Å². The molecule has 0 spiro atoms. The second-order valence-electron chi connectivity index (χ2n) is 16.4. The summed E-state index contributed by atoms with van der Waals surface area (Å²) >= 11 is 3.62. The number of fused-ring (bicyclic) bond motifs is 12. The molecule has 0 aliphatic carbocycles. The molecule has 4 heterocycles. The van der Waals surface area contributed by atoms with Gasteiger partial charge in [-0.25, -0.2) is 15.0 Å². The Morgan fingerprint density at radius 2 is 0.873 bits per heavy atom. The molecule has 0 amide bonds. The molecule has 0 N–H and O–H groups in total. The molecule has 0 saturated carbocycles. The standard InChI is InChI=1S/C57H32N4S2/c1-2-13-34-26-39(25-24-33(34)12-1)55-58-56(44-21-11-20-42-41-18-7-9-22-50(41)63-54(42)44)60-57(59-55)47-31-40(32-52-53(47)43-19-8-10-23-51(43)62-52)61-48-29-37-16-5-3-14-35(37)27-45(48)46-28-36-15-4-6-17-38(36)30-49(46)61/h1-32H. The number of hydrogen-bond acceptors (Lipinski definition) is 5. The Bertz CT molecular complexity index is 4140. The third-order valence-electron chi connectivity index (χ3n) is 12.8. The van der Waals surface area contributed by atoms with E-state index in [4.69, 9.17) is 15.0 Å². The van der Waals surface area contributed by atoms with E-state index < -0.39 is 0 Å². The summed E-state index contributed by atoms with van der Waals surface area (Å²) in [5.41, 5.74) is 6.32. The zero-order valence-corrected chi connectivity index (χ0v) is 35.2. The predicted molar refractivity (Wildman–Crippen MR) is 269 cm³/mol. The fraction of sp³-hybridized carbons (Fsp3) is 0. The van der Waals surface area contributed by atoms with Crippen LogP contribution in [0.3, 0.4) is 0 Å². The fourth-order valence-electron chi connectivity index (χ4n) is 9.81. The molecule has 0 bridgehead atoms. The minimum atomic E-state index is 0.645. The van der Waals surface area contributed by atoms with Gasteiger partial charge in [-0.3, -0.25) is 0 Å². The van der Waals surface area contributed by atoms with Crippen LogP contribution in [0.1, 0.15) is 0 Å². The van der Waals surface area contributed by atoms with Crippen molar-refractivity contribution in [2.45, 2.75) is 0 Å². The Morgan fingerprint density at radius 1 is 0.333 bits per heavy atom. The van der Waals surface area contributed by atoms with Crippen LogP contribution in [0.2, 0.25) is 0 Å². The van der Waals surface area contributed by atoms with E-state index in [-0.39, 0.29) is 0 Å². The molecular weight excluding hydrogens is 805 g/mol. The summed E-state index contributed by atoms with van der Waals surface area (Å²) in [6.45, 7) is 0. The van der Waals surface area contributed by atoms with E-state index in [1.807, 2.05) is 11.3 Å². The van der Waals surface area contributed by atoms with E-state index in [0.29, 0.717) is 17.5 Å². The van der Waals surface area contributed by atoms with E-state index in [0.717, 1.165) is 44.2 Å². The van der Waals surface area contributed by atoms with Gasteiger partial charge in [0, 0.05) is 73.5 Å². The van der Waals surface area contributed by atoms with Crippen LogP contribution in [-0.4, -0.2) is 19.5 Å². The summed E-state index contributed by atoms with van der Waals surface area (Å²) in [5, 5.41) is 14.4. The van der Waals surface area contributed by atoms with Crippen LogP contribution < -0.4 is 0 Å². The van der Waals surface area contributed by atoms with Crippen molar-refractivity contribution >= 4 is 117 Å². The Balaban J connectivity index is 1.10. The summed E-state index contributed by atoms with van der Waals surface area (Å²) in [4.78, 5) is 16.3. The molecule has 0 atom stereocenters. The Hall–Kier alpha value is -7.77. The molecule has 0 radical (unpaired) electrons. The van der Waals surface area contributed by atoms with Crippen LogP contribution in [0.15, 0.2) is 194 Å². The monoisotopic (exact) mass is 836 g/mol. The maximum atomic E-state index is 5.53. The molecule has 6 heteroatoms. The summed E-state index contributed by atoms with van der Waals surface area (Å²) in [7, 11) is 0. The molecule has 63 heavy (non-hydrogen) atoms. The molecule has 4 nitrogen and oxygen atoms in total. The summed E-state index contributed by atoms with van der Waals surface area (Å²) in [6, 6.07) is 70.4. The van der Waals surface area contributed by atoms with Crippen molar-refractivity contribution in [1.29, 1.82) is 0 Å². The van der Waals surface area contributed by atoms with Gasteiger partial charge in [-0.15, -0.1) is 22.7 Å². The molecule has 4 aromatic heterocycles. The maximum Gasteiger partial charge on any atom is 0.165 e. The van der Waals surface area contributed by atoms with E-state index in [2.05, 4.69) is 199 Å². The van der Waals surface area contributed by atoms with Gasteiger partial charge in [0.25, 0.3) is 0 Å². The number of aromatic nitrogens is 4. The van der Waals surface area contributed by atoms with Gasteiger partial charge in [0.05, 0.1) is 11.0 Å². The van der Waals surface area contributed by atoms with Gasteiger partial charge in [-0.05, 0) is 93.0 Å². The average molecular weight is 837 g/mol. The third-order valence-corrected chi connectivity index (χ3v) is 15.1. The molecule has 10 aromatic carbocycles. The smallest absolute Gasteiger partial charge is 0.165 e. The zero-order chi connectivity index (χ0) is 41.2. The lowest BCUT2D eigenvalue weighted by Gasteiger charge is -2.14. The third kappa shape index (κ3) is 5.35. The summed E-state index contributed by atoms with van der Waals surface area (Å²) in [6.07, 6.45) is 0. The first-order chi connectivity index (χ1) is 31.2. The van der Waals surface area contributed by atoms with Crippen molar-refractivity contribution in [3.05, 3.63) is 194 Å². The fourth-order valence-corrected chi connectivity index (χ4v) is 12.2. The van der Waals surface area contributed by atoms with Gasteiger partial charge in [-0.2, -0.15) is 0 Å². The highest BCUT2D eigenvalue weighted by atomic mass is 32.1. The maximum absolute atomic E-state index is 5.53. The van der Waals surface area contributed by atoms with Gasteiger partial charge in [0.15, 0.2) is 17.5 Å². The molecule has 0 unspecified atom stereocenters. The van der Waals surface area contributed by atoms with Crippen molar-refractivity contribution in [3.8, 4) is 39.9 Å². The van der Waals surface area contributed by atoms with Crippen LogP contribution >= 0.6 is 22.7 Å². The van der Waals surface area contributed by atoms with Gasteiger partial charge in [-0.1, -0.05) is 133 Å². The lowest BCUT2D eigenvalue weighted by molar-refractivity contribution is 1.08. The summed E-state index contributed by atoms with van der Waals surface area (Å²) < 4.78 is 7.28. The highest BCUT2D eigenvalue weighted by Gasteiger charge is 2.23. The minimum absolute atomic E-state index is 0.645. The first-order valence-corrected chi connectivity index (χ1v) is 22.8. The number of benzene rings is 10. The lowest BCUT2D eigenvalue weighted by Crippen LogP contribution is -2.02. The van der Waals surface area contributed by atoms with Crippen LogP contribution in [0.4, 0.5) is 0 Å². The van der Waals surface area contributed by atoms with Crippen LogP contribution in [0, 0.1) is 0 Å². The van der Waals surface area contributed by atoms with E-state index in [1.54, 1.807) is 11.3 Å². The van der Waals surface area contributed by atoms with E-state index in [9.17, 15) is 0 Å². The highest BCUT2D eigenvalue weighted by Crippen LogP contribution is 2.45. The van der Waals surface area contributed by atoms with Crippen LogP contribution in [0.5, 0.6) is 0 Å². The topological polar surface area (TPSA) is 43.6 Å².